The van der Waals surface area contributed by atoms with Crippen LogP contribution in [0.5, 0.6) is 0 Å². The smallest absolute Gasteiger partial charge is 0.0106 e. The molecule has 1 radical (unpaired) electrons. The maximum absolute atomic E-state index is 4.30. The minimum absolute atomic E-state index is 0. The van der Waals surface area contributed by atoms with Crippen molar-refractivity contribution in [3.05, 3.63) is 23.3 Å². The van der Waals surface area contributed by atoms with Gasteiger partial charge >= 0.3 is 0 Å². The van der Waals surface area contributed by atoms with E-state index in [1.807, 2.05) is 13.8 Å². The summed E-state index contributed by atoms with van der Waals surface area (Å²) in [6.07, 6.45) is 3.03. The van der Waals surface area contributed by atoms with Gasteiger partial charge in [-0.2, -0.15) is 0 Å². The van der Waals surface area contributed by atoms with Gasteiger partial charge in [-0.1, -0.05) is 46.5 Å². The van der Waals surface area contributed by atoms with E-state index in [0.717, 1.165) is 17.1 Å². The molecule has 0 unspecified atom stereocenters. The summed E-state index contributed by atoms with van der Waals surface area (Å²) in [4.78, 5) is 8.37. The summed E-state index contributed by atoms with van der Waals surface area (Å²) in [7, 11) is 0. The molecule has 69 valence electrons. The van der Waals surface area contributed by atoms with Crippen LogP contribution in [0.25, 0.3) is 0 Å². The van der Waals surface area contributed by atoms with Crippen molar-refractivity contribution in [2.24, 2.45) is 0 Å². The number of nitrogens with zero attached hydrogens (tertiary/aromatic N) is 2. The quantitative estimate of drug-likeness (QED) is 0.661. The first-order valence-corrected chi connectivity index (χ1v) is 4.14. The van der Waals surface area contributed by atoms with Crippen molar-refractivity contribution in [1.82, 2.24) is 9.97 Å². The third-order valence-corrected chi connectivity index (χ3v) is 1.77. The van der Waals surface area contributed by atoms with Crippen LogP contribution in [-0.4, -0.2) is 9.97 Å². The predicted octanol–water partition coefficient (Wildman–Crippen LogP) is 2.19. The van der Waals surface area contributed by atoms with Gasteiger partial charge < -0.3 is 9.97 Å². The van der Waals surface area contributed by atoms with Crippen molar-refractivity contribution in [3.8, 4) is 0 Å². The van der Waals surface area contributed by atoms with Gasteiger partial charge in [-0.15, -0.1) is 5.56 Å². The second-order valence-electron chi connectivity index (χ2n) is 4.09. The van der Waals surface area contributed by atoms with Gasteiger partial charge in [-0.25, -0.2) is 0 Å². The Bertz CT molecular complexity index is 289. The van der Waals surface area contributed by atoms with Crippen LogP contribution in [0.4, 0.5) is 0 Å². The van der Waals surface area contributed by atoms with E-state index in [1.165, 1.54) is 0 Å². The molecule has 0 aliphatic rings. The molecule has 1 aromatic heterocycles. The minimum atomic E-state index is 0. The van der Waals surface area contributed by atoms with E-state index in [4.69, 9.17) is 0 Å². The fraction of sp³-hybridized carbons (Fsp3) is 0.600. The van der Waals surface area contributed by atoms with Gasteiger partial charge in [-0.05, 0) is 5.41 Å². The molecule has 3 heteroatoms. The number of aromatic nitrogens is 2. The maximum Gasteiger partial charge on any atom is 0.0106 e. The van der Waals surface area contributed by atoms with Gasteiger partial charge in [0.15, 0.2) is 0 Å². The SMILES string of the molecule is Cc1n[c-]c(C(C)(C)C)c(C)n1.[Y]. The van der Waals surface area contributed by atoms with Crippen molar-refractivity contribution in [2.75, 3.05) is 0 Å². The first kappa shape index (κ1) is 13.2. The van der Waals surface area contributed by atoms with Crippen LogP contribution in [0, 0.1) is 20.0 Å². The van der Waals surface area contributed by atoms with Crippen molar-refractivity contribution >= 4 is 0 Å². The average Bonchev–Trinajstić information content (AvgIpc) is 1.83. The van der Waals surface area contributed by atoms with E-state index in [-0.39, 0.29) is 38.1 Å². The van der Waals surface area contributed by atoms with E-state index in [2.05, 4.69) is 36.9 Å². The molecule has 0 bridgehead atoms. The van der Waals surface area contributed by atoms with Crippen LogP contribution in [0.3, 0.4) is 0 Å². The van der Waals surface area contributed by atoms with Crippen LogP contribution >= 0.6 is 0 Å². The molecule has 0 fully saturated rings. The van der Waals surface area contributed by atoms with E-state index < -0.39 is 0 Å². The van der Waals surface area contributed by atoms with Gasteiger partial charge in [0.25, 0.3) is 0 Å². The molecule has 0 aliphatic carbocycles. The Morgan fingerprint density at radius 2 is 1.69 bits per heavy atom. The first-order chi connectivity index (χ1) is 5.41. The Balaban J connectivity index is 0.00000144. The zero-order valence-corrected chi connectivity index (χ0v) is 11.8. The van der Waals surface area contributed by atoms with Gasteiger partial charge in [0, 0.05) is 38.5 Å². The molecule has 0 saturated heterocycles. The molecule has 0 atom stereocenters. The molecular weight excluding hydrogens is 237 g/mol. The molecule has 0 saturated carbocycles. The zero-order chi connectivity index (χ0) is 9.35. The first-order valence-electron chi connectivity index (χ1n) is 4.14. The number of aryl methyl sites for hydroxylation is 2. The second-order valence-corrected chi connectivity index (χ2v) is 4.09. The summed E-state index contributed by atoms with van der Waals surface area (Å²) < 4.78 is 0. The molecule has 1 aromatic rings. The standard InChI is InChI=1S/C10H15N2.Y/c1-7-9(10(3,4)5)6-11-8(2)12-7;/h1-5H3;/q-1;. The van der Waals surface area contributed by atoms with Gasteiger partial charge in [0.1, 0.15) is 0 Å². The van der Waals surface area contributed by atoms with E-state index in [1.54, 1.807) is 0 Å². The molecule has 13 heavy (non-hydrogen) atoms. The molecule has 1 rings (SSSR count). The van der Waals surface area contributed by atoms with Crippen molar-refractivity contribution in [3.63, 3.8) is 0 Å². The van der Waals surface area contributed by atoms with Crippen LogP contribution in [0.2, 0.25) is 0 Å². The van der Waals surface area contributed by atoms with Crippen LogP contribution in [-0.2, 0) is 38.1 Å². The molecule has 0 amide bonds. The monoisotopic (exact) mass is 252 g/mol. The van der Waals surface area contributed by atoms with Gasteiger partial charge in [0.2, 0.25) is 0 Å². The maximum atomic E-state index is 4.30. The third kappa shape index (κ3) is 3.43. The fourth-order valence-electron chi connectivity index (χ4n) is 1.25. The molecular formula is C10H15N2Y-. The Labute approximate surface area is 105 Å². The third-order valence-electron chi connectivity index (χ3n) is 1.77. The van der Waals surface area contributed by atoms with Crippen LogP contribution in [0.15, 0.2) is 0 Å². The number of hydrogen-bond donors (Lipinski definition) is 0. The molecule has 1 heterocycles. The molecule has 0 aliphatic heterocycles. The van der Waals surface area contributed by atoms with Crippen molar-refractivity contribution in [2.45, 2.75) is 40.0 Å². The Hall–Kier alpha value is 0.184. The fourth-order valence-corrected chi connectivity index (χ4v) is 1.25. The number of hydrogen-bond acceptors (Lipinski definition) is 2. The molecule has 2 nitrogen and oxygen atoms in total. The van der Waals surface area contributed by atoms with Crippen molar-refractivity contribution in [1.29, 1.82) is 0 Å². The summed E-state index contributed by atoms with van der Waals surface area (Å²) >= 11 is 0. The van der Waals surface area contributed by atoms with E-state index in [9.17, 15) is 0 Å². The van der Waals surface area contributed by atoms with E-state index in [0.29, 0.717) is 0 Å². The van der Waals surface area contributed by atoms with Crippen LogP contribution < -0.4 is 0 Å². The van der Waals surface area contributed by atoms with Crippen molar-refractivity contribution < 1.29 is 32.7 Å². The number of rotatable bonds is 0. The Morgan fingerprint density at radius 3 is 2.08 bits per heavy atom. The molecule has 0 N–H and O–H groups in total. The minimum Gasteiger partial charge on any atom is -0.373 e. The summed E-state index contributed by atoms with van der Waals surface area (Å²) in [5, 5.41) is 0. The topological polar surface area (TPSA) is 25.8 Å². The summed E-state index contributed by atoms with van der Waals surface area (Å²) in [6, 6.07) is 0. The Morgan fingerprint density at radius 1 is 1.15 bits per heavy atom. The summed E-state index contributed by atoms with van der Waals surface area (Å²) in [5.74, 6) is 0.792. The summed E-state index contributed by atoms with van der Waals surface area (Å²) in [6.45, 7) is 10.3. The predicted molar refractivity (Wildman–Crippen MR) is 49.0 cm³/mol. The molecule has 0 aromatic carbocycles. The van der Waals surface area contributed by atoms with Gasteiger partial charge in [0.05, 0.1) is 0 Å². The Kier molecular flexibility index (Phi) is 4.67. The normalized spacial score (nSPS) is 10.8. The second kappa shape index (κ2) is 4.61. The largest absolute Gasteiger partial charge is 0.373 e. The van der Waals surface area contributed by atoms with Gasteiger partial charge in [-0.3, -0.25) is 0 Å². The molecule has 0 spiro atoms. The van der Waals surface area contributed by atoms with Crippen LogP contribution in [0.1, 0.15) is 37.9 Å². The summed E-state index contributed by atoms with van der Waals surface area (Å²) in [5.41, 5.74) is 2.24. The zero-order valence-electron chi connectivity index (χ0n) is 8.97. The average molecular weight is 252 g/mol. The van der Waals surface area contributed by atoms with E-state index >= 15 is 0 Å².